The highest BCUT2D eigenvalue weighted by Crippen LogP contribution is 2.68. The van der Waals surface area contributed by atoms with Crippen LogP contribution in [0.4, 0.5) is 0 Å². The van der Waals surface area contributed by atoms with Gasteiger partial charge in [-0.1, -0.05) is 20.8 Å². The van der Waals surface area contributed by atoms with Crippen molar-refractivity contribution in [3.63, 3.8) is 0 Å². The number of methoxy groups -OCH3 is 1. The maximum atomic E-state index is 12.8. The van der Waals surface area contributed by atoms with Crippen LogP contribution in [0, 0.1) is 46.3 Å². The van der Waals surface area contributed by atoms with Gasteiger partial charge in [0.25, 0.3) is 0 Å². The molecule has 4 aliphatic rings. The number of ether oxygens (including phenoxy) is 1. The predicted octanol–water partition coefficient (Wildman–Crippen LogP) is 1.53. The van der Waals surface area contributed by atoms with Crippen molar-refractivity contribution < 1.29 is 38.9 Å². The smallest absolute Gasteiger partial charge is 0.305 e. The van der Waals surface area contributed by atoms with Gasteiger partial charge < -0.3 is 42.0 Å². The Morgan fingerprint density at radius 1 is 0.800 bits per heavy atom. The third-order valence-electron chi connectivity index (χ3n) is 13.3. The average Bonchev–Trinajstić information content (AvgIpc) is 3.43. The molecule has 4 aliphatic carbocycles. The van der Waals surface area contributed by atoms with Crippen molar-refractivity contribution in [2.75, 3.05) is 33.3 Å². The number of fused-ring (bicyclic) bond motifs is 5. The number of esters is 1. The minimum absolute atomic E-state index is 0.000583. The number of hydrogen-bond acceptors (Lipinski definition) is 9. The van der Waals surface area contributed by atoms with Gasteiger partial charge >= 0.3 is 5.97 Å². The molecular weight excluding hydrogens is 642 g/mol. The zero-order chi connectivity index (χ0) is 36.6. The standard InChI is InChI=1S/C37H63N5O8/c1-22(5-8-34(49)50-4)25-6-7-26-35-27(21-29(44)37(25,26)3)36(2)14-9-24(19-23(36)20-28(35)43)42-33(48)13-18-41-32(47)12-17-40-31(46)11-16-39-30(45)10-15-38/h22-29,35,43-44H,5-21,38H2,1-4H3,(H,39,45)(H,40,46)(H,41,47)(H,42,48)/t22-,23+,24+,25-,26+,27+,28-,29+,35+,36+,37-/m1/s1. The molecule has 0 heterocycles. The third kappa shape index (κ3) is 9.17. The van der Waals surface area contributed by atoms with Crippen LogP contribution in [-0.2, 0) is 28.7 Å². The van der Waals surface area contributed by atoms with E-state index in [0.29, 0.717) is 25.2 Å². The molecule has 13 nitrogen and oxygen atoms in total. The van der Waals surface area contributed by atoms with E-state index in [1.54, 1.807) is 0 Å². The van der Waals surface area contributed by atoms with E-state index in [1.807, 2.05) is 0 Å². The number of amides is 4. The highest BCUT2D eigenvalue weighted by Gasteiger charge is 2.65. The number of carbonyl (C=O) groups excluding carboxylic acids is 5. The van der Waals surface area contributed by atoms with Crippen LogP contribution in [0.3, 0.4) is 0 Å². The summed E-state index contributed by atoms with van der Waals surface area (Å²) in [4.78, 5) is 60.2. The first-order valence-electron chi connectivity index (χ1n) is 19.0. The van der Waals surface area contributed by atoms with Gasteiger partial charge in [-0.15, -0.1) is 0 Å². The molecule has 4 amide bonds. The van der Waals surface area contributed by atoms with Gasteiger partial charge in [-0.2, -0.15) is 0 Å². The molecule has 0 aromatic carbocycles. The lowest BCUT2D eigenvalue weighted by Gasteiger charge is -2.63. The van der Waals surface area contributed by atoms with Gasteiger partial charge in [-0.25, -0.2) is 0 Å². The number of rotatable bonds is 16. The molecule has 0 bridgehead atoms. The van der Waals surface area contributed by atoms with Crippen LogP contribution in [0.5, 0.6) is 0 Å². The van der Waals surface area contributed by atoms with Crippen LogP contribution in [0.25, 0.3) is 0 Å². The van der Waals surface area contributed by atoms with Crippen LogP contribution in [0.15, 0.2) is 0 Å². The number of aliphatic hydroxyl groups excluding tert-OH is 2. The van der Waals surface area contributed by atoms with Gasteiger partial charge in [0.1, 0.15) is 0 Å². The van der Waals surface area contributed by atoms with Crippen LogP contribution in [0.1, 0.15) is 104 Å². The van der Waals surface area contributed by atoms with Crippen molar-refractivity contribution in [3.8, 4) is 0 Å². The van der Waals surface area contributed by atoms with E-state index in [-0.39, 0.29) is 128 Å². The van der Waals surface area contributed by atoms with E-state index >= 15 is 0 Å². The number of aliphatic hydroxyl groups is 2. The van der Waals surface area contributed by atoms with Gasteiger partial charge in [-0.05, 0) is 97.7 Å². The van der Waals surface area contributed by atoms with Crippen molar-refractivity contribution in [3.05, 3.63) is 0 Å². The Bertz CT molecular complexity index is 1220. The second-order valence-corrected chi connectivity index (χ2v) is 16.1. The predicted molar refractivity (Wildman–Crippen MR) is 187 cm³/mol. The molecule has 50 heavy (non-hydrogen) atoms. The molecule has 0 unspecified atom stereocenters. The van der Waals surface area contributed by atoms with Crippen molar-refractivity contribution in [1.82, 2.24) is 21.3 Å². The molecule has 0 aromatic rings. The second kappa shape index (κ2) is 17.6. The maximum Gasteiger partial charge on any atom is 0.305 e. The van der Waals surface area contributed by atoms with Gasteiger partial charge in [0.15, 0.2) is 0 Å². The van der Waals surface area contributed by atoms with Crippen molar-refractivity contribution in [2.24, 2.45) is 52.1 Å². The lowest BCUT2D eigenvalue weighted by Crippen LogP contribution is -2.63. The fourth-order valence-electron chi connectivity index (χ4n) is 10.6. The van der Waals surface area contributed by atoms with Crippen molar-refractivity contribution >= 4 is 29.6 Å². The Labute approximate surface area is 297 Å². The Balaban J connectivity index is 1.20. The molecule has 4 saturated carbocycles. The zero-order valence-corrected chi connectivity index (χ0v) is 30.6. The Morgan fingerprint density at radius 3 is 2.00 bits per heavy atom. The van der Waals surface area contributed by atoms with Crippen LogP contribution < -0.4 is 27.0 Å². The zero-order valence-electron chi connectivity index (χ0n) is 30.6. The molecule has 0 aromatic heterocycles. The van der Waals surface area contributed by atoms with Gasteiger partial charge in [0, 0.05) is 64.3 Å². The summed E-state index contributed by atoms with van der Waals surface area (Å²) in [7, 11) is 1.42. The molecular formula is C37H63N5O8. The van der Waals surface area contributed by atoms with Crippen LogP contribution in [0.2, 0.25) is 0 Å². The summed E-state index contributed by atoms with van der Waals surface area (Å²) in [5.74, 6) is 0.344. The Hall–Kier alpha value is -2.77. The second-order valence-electron chi connectivity index (χ2n) is 16.1. The fourth-order valence-corrected chi connectivity index (χ4v) is 10.6. The first-order valence-corrected chi connectivity index (χ1v) is 19.0. The normalized spacial score (nSPS) is 35.0. The van der Waals surface area contributed by atoms with Crippen LogP contribution in [-0.4, -0.2) is 91.3 Å². The lowest BCUT2D eigenvalue weighted by molar-refractivity contribution is -0.202. The first-order chi connectivity index (χ1) is 23.7. The van der Waals surface area contributed by atoms with Crippen molar-refractivity contribution in [1.29, 1.82) is 0 Å². The average molecular weight is 706 g/mol. The lowest BCUT2D eigenvalue weighted by atomic mass is 9.43. The molecule has 284 valence electrons. The minimum Gasteiger partial charge on any atom is -0.469 e. The van der Waals surface area contributed by atoms with Gasteiger partial charge in [0.2, 0.25) is 23.6 Å². The molecule has 4 fully saturated rings. The van der Waals surface area contributed by atoms with Crippen molar-refractivity contribution in [2.45, 2.75) is 122 Å². The molecule has 0 spiro atoms. The monoisotopic (exact) mass is 705 g/mol. The molecule has 13 heteroatoms. The maximum absolute atomic E-state index is 12.8. The summed E-state index contributed by atoms with van der Waals surface area (Å²) in [6.45, 7) is 7.59. The van der Waals surface area contributed by atoms with E-state index in [1.165, 1.54) is 7.11 Å². The van der Waals surface area contributed by atoms with E-state index in [9.17, 15) is 34.2 Å². The summed E-state index contributed by atoms with van der Waals surface area (Å²) < 4.78 is 4.87. The van der Waals surface area contributed by atoms with Gasteiger partial charge in [-0.3, -0.25) is 24.0 Å². The highest BCUT2D eigenvalue weighted by atomic mass is 16.5. The number of hydrogen-bond donors (Lipinski definition) is 7. The quantitative estimate of drug-likeness (QED) is 0.116. The largest absolute Gasteiger partial charge is 0.469 e. The van der Waals surface area contributed by atoms with Gasteiger partial charge in [0.05, 0.1) is 19.3 Å². The fraction of sp³-hybridized carbons (Fsp3) is 0.865. The SMILES string of the molecule is COC(=O)CC[C@@H](C)[C@H]1CC[C@H]2[C@@H]3[C@H](O)C[C@@H]4C[C@@H](NC(=O)CCNC(=O)CCNC(=O)CCNC(=O)CCN)CC[C@]4(C)[C@H]3C[C@H](O)[C@]12C. The van der Waals surface area contributed by atoms with E-state index in [0.717, 1.165) is 38.5 Å². The molecule has 0 aliphatic heterocycles. The third-order valence-corrected chi connectivity index (χ3v) is 13.3. The summed E-state index contributed by atoms with van der Waals surface area (Å²) in [6, 6.07) is 0.000583. The summed E-state index contributed by atoms with van der Waals surface area (Å²) in [5, 5.41) is 34.7. The molecule has 8 N–H and O–H groups in total. The molecule has 11 atom stereocenters. The Morgan fingerprint density at radius 2 is 1.40 bits per heavy atom. The number of carbonyl (C=O) groups is 5. The van der Waals surface area contributed by atoms with E-state index < -0.39 is 12.2 Å². The van der Waals surface area contributed by atoms with Crippen LogP contribution >= 0.6 is 0 Å². The first kappa shape index (κ1) is 40.0. The highest BCUT2D eigenvalue weighted by molar-refractivity contribution is 5.81. The molecule has 0 saturated heterocycles. The Kier molecular flexibility index (Phi) is 14.1. The topological polar surface area (TPSA) is 209 Å². The number of nitrogens with one attached hydrogen (secondary N) is 4. The molecule has 0 radical (unpaired) electrons. The van der Waals surface area contributed by atoms with E-state index in [4.69, 9.17) is 10.5 Å². The van der Waals surface area contributed by atoms with E-state index in [2.05, 4.69) is 42.0 Å². The summed E-state index contributed by atoms with van der Waals surface area (Å²) >= 11 is 0. The minimum atomic E-state index is -0.464. The molecule has 4 rings (SSSR count). The summed E-state index contributed by atoms with van der Waals surface area (Å²) in [5.41, 5.74) is 5.00. The number of nitrogens with two attached hydrogens (primary N) is 1. The summed E-state index contributed by atoms with van der Waals surface area (Å²) in [6.07, 6.45) is 6.68.